The second-order valence-corrected chi connectivity index (χ2v) is 8.48. The van der Waals surface area contributed by atoms with E-state index in [1.165, 1.54) is 18.1 Å². The molecule has 1 fully saturated rings. The molecule has 0 aliphatic carbocycles. The molecule has 0 bridgehead atoms. The van der Waals surface area contributed by atoms with Gasteiger partial charge in [-0.2, -0.15) is 13.2 Å². The van der Waals surface area contributed by atoms with Gasteiger partial charge in [0.15, 0.2) is 0 Å². The highest BCUT2D eigenvalue weighted by Gasteiger charge is 2.41. The molecule has 2 atom stereocenters. The van der Waals surface area contributed by atoms with Crippen LogP contribution >= 0.6 is 0 Å². The van der Waals surface area contributed by atoms with Crippen LogP contribution in [0.25, 0.3) is 0 Å². The van der Waals surface area contributed by atoms with Gasteiger partial charge in [0, 0.05) is 31.1 Å². The zero-order chi connectivity index (χ0) is 25.0. The number of hydrogen-bond acceptors (Lipinski definition) is 3. The molecule has 0 radical (unpaired) electrons. The van der Waals surface area contributed by atoms with Gasteiger partial charge in [-0.05, 0) is 35.4 Å². The molecule has 1 aliphatic rings. The number of ether oxygens (including phenoxy) is 1. The van der Waals surface area contributed by atoms with Crippen LogP contribution in [0.3, 0.4) is 0 Å². The first kappa shape index (κ1) is 24.3. The highest BCUT2D eigenvalue weighted by Crippen LogP contribution is 2.37. The third kappa shape index (κ3) is 5.65. The van der Waals surface area contributed by atoms with Crippen molar-refractivity contribution in [2.75, 3.05) is 20.2 Å². The lowest BCUT2D eigenvalue weighted by atomic mass is 9.87. The summed E-state index contributed by atoms with van der Waals surface area (Å²) in [5.74, 6) is -1.38. The first-order valence-corrected chi connectivity index (χ1v) is 11.2. The van der Waals surface area contributed by atoms with E-state index in [1.807, 2.05) is 30.3 Å². The third-order valence-corrected chi connectivity index (χ3v) is 6.21. The van der Waals surface area contributed by atoms with E-state index in [0.29, 0.717) is 16.9 Å². The molecule has 35 heavy (non-hydrogen) atoms. The van der Waals surface area contributed by atoms with E-state index >= 15 is 0 Å². The number of hydrogen-bond donors (Lipinski definition) is 1. The maximum absolute atomic E-state index is 13.4. The van der Waals surface area contributed by atoms with Crippen molar-refractivity contribution in [2.45, 2.75) is 18.6 Å². The van der Waals surface area contributed by atoms with Crippen molar-refractivity contribution < 1.29 is 27.5 Å². The number of nitrogens with zero attached hydrogens (tertiary/aromatic N) is 1. The van der Waals surface area contributed by atoms with Crippen LogP contribution in [0.15, 0.2) is 78.9 Å². The van der Waals surface area contributed by atoms with Gasteiger partial charge in [0.05, 0.1) is 18.6 Å². The number of methoxy groups -OCH3 is 1. The van der Waals surface area contributed by atoms with Crippen molar-refractivity contribution in [3.63, 3.8) is 0 Å². The van der Waals surface area contributed by atoms with Gasteiger partial charge in [-0.15, -0.1) is 0 Å². The number of benzene rings is 3. The monoisotopic (exact) mass is 482 g/mol. The molecule has 0 aromatic heterocycles. The highest BCUT2D eigenvalue weighted by molar-refractivity contribution is 5.95. The number of carbonyl (C=O) groups excluding carboxylic acids is 2. The lowest BCUT2D eigenvalue weighted by molar-refractivity contribution is -0.137. The Kier molecular flexibility index (Phi) is 7.10. The van der Waals surface area contributed by atoms with Crippen LogP contribution in [-0.2, 0) is 17.5 Å². The molecule has 8 heteroatoms. The van der Waals surface area contributed by atoms with E-state index in [2.05, 4.69) is 5.32 Å². The minimum atomic E-state index is -4.50. The van der Waals surface area contributed by atoms with Gasteiger partial charge in [0.25, 0.3) is 5.91 Å². The van der Waals surface area contributed by atoms with E-state index in [9.17, 15) is 22.8 Å². The average Bonchev–Trinajstić information content (AvgIpc) is 3.33. The van der Waals surface area contributed by atoms with Gasteiger partial charge >= 0.3 is 6.18 Å². The van der Waals surface area contributed by atoms with Crippen LogP contribution in [0.5, 0.6) is 5.75 Å². The topological polar surface area (TPSA) is 58.6 Å². The van der Waals surface area contributed by atoms with Gasteiger partial charge in [-0.1, -0.05) is 54.6 Å². The zero-order valence-corrected chi connectivity index (χ0v) is 19.1. The first-order chi connectivity index (χ1) is 16.8. The van der Waals surface area contributed by atoms with Crippen molar-refractivity contribution >= 4 is 11.8 Å². The van der Waals surface area contributed by atoms with E-state index in [1.54, 1.807) is 30.3 Å². The van der Waals surface area contributed by atoms with Crippen molar-refractivity contribution in [1.82, 2.24) is 10.2 Å². The Bertz CT molecular complexity index is 1200. The summed E-state index contributed by atoms with van der Waals surface area (Å²) in [6, 6.07) is 21.0. The minimum Gasteiger partial charge on any atom is -0.497 e. The van der Waals surface area contributed by atoms with Crippen molar-refractivity contribution in [3.05, 3.63) is 101 Å². The van der Waals surface area contributed by atoms with Crippen LogP contribution in [0.4, 0.5) is 13.2 Å². The SMILES string of the molecule is COc1cccc(C(=O)N2C[C@H](C(=O)NCc3ccccc3)[C@@H](c3cccc(C(F)(F)F)c3)C2)c1. The zero-order valence-electron chi connectivity index (χ0n) is 19.1. The molecule has 3 aromatic rings. The molecule has 0 saturated carbocycles. The van der Waals surface area contributed by atoms with E-state index < -0.39 is 23.6 Å². The van der Waals surface area contributed by atoms with Crippen LogP contribution < -0.4 is 10.1 Å². The van der Waals surface area contributed by atoms with Gasteiger partial charge in [-0.25, -0.2) is 0 Å². The van der Waals surface area contributed by atoms with Gasteiger partial charge < -0.3 is 15.0 Å². The normalized spacial score (nSPS) is 17.8. The first-order valence-electron chi connectivity index (χ1n) is 11.2. The van der Waals surface area contributed by atoms with E-state index in [-0.39, 0.29) is 31.4 Å². The summed E-state index contributed by atoms with van der Waals surface area (Å²) in [5, 5.41) is 2.88. The molecule has 182 valence electrons. The number of rotatable bonds is 6. The van der Waals surface area contributed by atoms with Gasteiger partial charge in [0.2, 0.25) is 5.91 Å². The third-order valence-electron chi connectivity index (χ3n) is 6.21. The maximum atomic E-state index is 13.4. The molecule has 2 amide bonds. The molecule has 1 N–H and O–H groups in total. The molecule has 0 spiro atoms. The molecule has 0 unspecified atom stereocenters. The van der Waals surface area contributed by atoms with Crippen LogP contribution in [0.1, 0.15) is 33.0 Å². The van der Waals surface area contributed by atoms with Crippen molar-refractivity contribution in [1.29, 1.82) is 0 Å². The number of nitrogens with one attached hydrogen (secondary N) is 1. The number of likely N-dealkylation sites (tertiary alicyclic amines) is 1. The average molecular weight is 483 g/mol. The standard InChI is InChI=1S/C27H25F3N2O3/c1-35-22-12-6-10-20(14-22)26(34)32-16-23(19-9-5-11-21(13-19)27(28,29)30)24(17-32)25(33)31-15-18-7-3-2-4-8-18/h2-14,23-24H,15-17H2,1H3,(H,31,33)/t23-,24+/m1/s1. The highest BCUT2D eigenvalue weighted by atomic mass is 19.4. The Morgan fingerprint density at radius 3 is 2.43 bits per heavy atom. The molecule has 3 aromatic carbocycles. The predicted octanol–water partition coefficient (Wildman–Crippen LogP) is 4.89. The summed E-state index contributed by atoms with van der Waals surface area (Å²) < 4.78 is 45.3. The summed E-state index contributed by atoms with van der Waals surface area (Å²) in [6.07, 6.45) is -4.50. The Balaban J connectivity index is 1.60. The fourth-order valence-corrected chi connectivity index (χ4v) is 4.37. The summed E-state index contributed by atoms with van der Waals surface area (Å²) >= 11 is 0. The predicted molar refractivity (Wildman–Crippen MR) is 125 cm³/mol. The smallest absolute Gasteiger partial charge is 0.416 e. The van der Waals surface area contributed by atoms with Crippen LogP contribution in [0, 0.1) is 5.92 Å². The van der Waals surface area contributed by atoms with Crippen molar-refractivity contribution in [2.24, 2.45) is 5.92 Å². The Morgan fingerprint density at radius 1 is 0.971 bits per heavy atom. The quantitative estimate of drug-likeness (QED) is 0.545. The largest absolute Gasteiger partial charge is 0.497 e. The van der Waals surface area contributed by atoms with Crippen LogP contribution in [0.2, 0.25) is 0 Å². The molecule has 4 rings (SSSR count). The lowest BCUT2D eigenvalue weighted by Gasteiger charge is -2.19. The number of amides is 2. The number of alkyl halides is 3. The van der Waals surface area contributed by atoms with E-state index in [4.69, 9.17) is 4.74 Å². The fourth-order valence-electron chi connectivity index (χ4n) is 4.37. The van der Waals surface area contributed by atoms with Crippen molar-refractivity contribution in [3.8, 4) is 5.75 Å². The molecule has 1 aliphatic heterocycles. The number of carbonyl (C=O) groups is 2. The summed E-state index contributed by atoms with van der Waals surface area (Å²) in [7, 11) is 1.50. The molecule has 5 nitrogen and oxygen atoms in total. The Morgan fingerprint density at radius 2 is 1.71 bits per heavy atom. The minimum absolute atomic E-state index is 0.0948. The maximum Gasteiger partial charge on any atom is 0.416 e. The molecular formula is C27H25F3N2O3. The second kappa shape index (κ2) is 10.2. The van der Waals surface area contributed by atoms with Gasteiger partial charge in [-0.3, -0.25) is 9.59 Å². The Hall–Kier alpha value is -3.81. The summed E-state index contributed by atoms with van der Waals surface area (Å²) in [6.45, 7) is 0.508. The van der Waals surface area contributed by atoms with Crippen LogP contribution in [-0.4, -0.2) is 36.9 Å². The molecule has 1 heterocycles. The van der Waals surface area contributed by atoms with E-state index in [0.717, 1.165) is 17.7 Å². The second-order valence-electron chi connectivity index (χ2n) is 8.48. The lowest BCUT2D eigenvalue weighted by Crippen LogP contribution is -2.35. The molecular weight excluding hydrogens is 457 g/mol. The summed E-state index contributed by atoms with van der Waals surface area (Å²) in [5.41, 5.74) is 0.882. The number of halogens is 3. The Labute approximate surface area is 201 Å². The molecule has 1 saturated heterocycles. The summed E-state index contributed by atoms with van der Waals surface area (Å²) in [4.78, 5) is 27.9. The fraction of sp³-hybridized carbons (Fsp3) is 0.259. The van der Waals surface area contributed by atoms with Gasteiger partial charge in [0.1, 0.15) is 5.75 Å².